The van der Waals surface area contributed by atoms with Gasteiger partial charge in [0.1, 0.15) is 18.4 Å². The lowest BCUT2D eigenvalue weighted by molar-refractivity contribution is -0.140. The van der Waals surface area contributed by atoms with Crippen LogP contribution in [0.5, 0.6) is 11.5 Å². The zero-order valence-corrected chi connectivity index (χ0v) is 22.5. The number of amides is 2. The van der Waals surface area contributed by atoms with Crippen LogP contribution in [0.25, 0.3) is 0 Å². The Morgan fingerprint density at radius 1 is 1.05 bits per heavy atom. The molecule has 0 bridgehead atoms. The number of benzene rings is 2. The molecule has 2 aliphatic rings. The van der Waals surface area contributed by atoms with E-state index in [1.54, 1.807) is 24.3 Å². The highest BCUT2D eigenvalue weighted by molar-refractivity contribution is 7.92. The van der Waals surface area contributed by atoms with Gasteiger partial charge in [0.25, 0.3) is 0 Å². The summed E-state index contributed by atoms with van der Waals surface area (Å²) in [4.78, 5) is 28.6. The number of nitrogens with one attached hydrogen (secondary N) is 1. The lowest BCUT2D eigenvalue weighted by Crippen LogP contribution is -2.53. The summed E-state index contributed by atoms with van der Waals surface area (Å²) < 4.78 is 51.6. The predicted octanol–water partition coefficient (Wildman–Crippen LogP) is 3.58. The number of nitrogens with zero attached hydrogens (tertiary/aromatic N) is 2. The van der Waals surface area contributed by atoms with Gasteiger partial charge < -0.3 is 19.7 Å². The third-order valence-electron chi connectivity index (χ3n) is 6.98. The van der Waals surface area contributed by atoms with Gasteiger partial charge in [0.05, 0.1) is 11.4 Å². The van der Waals surface area contributed by atoms with Gasteiger partial charge in [-0.2, -0.15) is 0 Å². The molecule has 1 saturated carbocycles. The van der Waals surface area contributed by atoms with Crippen molar-refractivity contribution in [1.29, 1.82) is 0 Å². The molecule has 1 aliphatic carbocycles. The van der Waals surface area contributed by atoms with Crippen molar-refractivity contribution in [2.24, 2.45) is 0 Å². The molecular formula is C27H34FN3O6S. The van der Waals surface area contributed by atoms with Crippen LogP contribution in [0.4, 0.5) is 10.1 Å². The summed E-state index contributed by atoms with van der Waals surface area (Å²) >= 11 is 0. The summed E-state index contributed by atoms with van der Waals surface area (Å²) in [5.41, 5.74) is 0.884. The van der Waals surface area contributed by atoms with Crippen LogP contribution in [-0.4, -0.2) is 56.3 Å². The third kappa shape index (κ3) is 6.38. The van der Waals surface area contributed by atoms with Crippen LogP contribution in [0.1, 0.15) is 51.5 Å². The summed E-state index contributed by atoms with van der Waals surface area (Å²) in [6, 6.07) is 9.60. The highest BCUT2D eigenvalue weighted by Gasteiger charge is 2.34. The van der Waals surface area contributed by atoms with E-state index in [4.69, 9.17) is 9.47 Å². The van der Waals surface area contributed by atoms with E-state index >= 15 is 0 Å². The number of hydrogen-bond acceptors (Lipinski definition) is 6. The van der Waals surface area contributed by atoms with Gasteiger partial charge in [-0.15, -0.1) is 0 Å². The minimum Gasteiger partial charge on any atom is -0.454 e. The van der Waals surface area contributed by atoms with Crippen molar-refractivity contribution in [2.75, 3.05) is 23.4 Å². The average Bonchev–Trinajstić information content (AvgIpc) is 3.59. The molecule has 11 heteroatoms. The molecule has 0 saturated heterocycles. The number of halogens is 1. The van der Waals surface area contributed by atoms with E-state index in [9.17, 15) is 22.4 Å². The van der Waals surface area contributed by atoms with Gasteiger partial charge in [-0.1, -0.05) is 31.9 Å². The second-order valence-electron chi connectivity index (χ2n) is 9.51. The molecule has 1 fully saturated rings. The van der Waals surface area contributed by atoms with Gasteiger partial charge >= 0.3 is 0 Å². The van der Waals surface area contributed by atoms with E-state index in [0.717, 1.165) is 30.0 Å². The topological polar surface area (TPSA) is 105 Å². The Labute approximate surface area is 222 Å². The van der Waals surface area contributed by atoms with Crippen molar-refractivity contribution in [1.82, 2.24) is 10.2 Å². The number of anilines is 1. The van der Waals surface area contributed by atoms with Gasteiger partial charge in [0.15, 0.2) is 11.5 Å². The highest BCUT2D eigenvalue weighted by Crippen LogP contribution is 2.36. The lowest BCUT2D eigenvalue weighted by Gasteiger charge is -2.33. The van der Waals surface area contributed by atoms with E-state index in [2.05, 4.69) is 5.32 Å². The summed E-state index contributed by atoms with van der Waals surface area (Å²) in [5.74, 6) is -0.592. The third-order valence-corrected chi connectivity index (χ3v) is 8.72. The van der Waals surface area contributed by atoms with Gasteiger partial charge in [-0.05, 0) is 56.0 Å². The first-order valence-electron chi connectivity index (χ1n) is 13.0. The Hall–Kier alpha value is -3.34. The van der Waals surface area contributed by atoms with Gasteiger partial charge in [0.2, 0.25) is 28.6 Å². The zero-order valence-electron chi connectivity index (χ0n) is 21.7. The molecule has 0 aromatic heterocycles. The van der Waals surface area contributed by atoms with Crippen molar-refractivity contribution in [3.63, 3.8) is 0 Å². The molecule has 0 radical (unpaired) electrons. The number of carbonyl (C=O) groups excluding carboxylic acids is 2. The Balaban J connectivity index is 1.64. The Bertz CT molecular complexity index is 1250. The molecule has 0 unspecified atom stereocenters. The normalized spacial score (nSPS) is 15.8. The van der Waals surface area contributed by atoms with Crippen molar-refractivity contribution < 1.29 is 31.9 Å². The van der Waals surface area contributed by atoms with Crippen LogP contribution >= 0.6 is 0 Å². The number of sulfonamides is 1. The summed E-state index contributed by atoms with van der Waals surface area (Å²) in [6.07, 6.45) is 4.19. The molecule has 2 aromatic carbocycles. The number of ether oxygens (including phenoxy) is 2. The van der Waals surface area contributed by atoms with Crippen molar-refractivity contribution in [3.8, 4) is 11.5 Å². The van der Waals surface area contributed by atoms with E-state index in [1.165, 1.54) is 30.0 Å². The number of fused-ring (bicyclic) bond motifs is 1. The molecule has 38 heavy (non-hydrogen) atoms. The molecule has 206 valence electrons. The first kappa shape index (κ1) is 27.7. The van der Waals surface area contributed by atoms with Gasteiger partial charge in [-0.25, -0.2) is 12.8 Å². The minimum atomic E-state index is -3.87. The number of hydrogen-bond donors (Lipinski definition) is 1. The first-order chi connectivity index (χ1) is 18.2. The maximum Gasteiger partial charge on any atom is 0.244 e. The Morgan fingerprint density at radius 3 is 2.39 bits per heavy atom. The second-order valence-corrected chi connectivity index (χ2v) is 11.7. The van der Waals surface area contributed by atoms with Crippen LogP contribution in [0, 0.1) is 5.82 Å². The SMILES string of the molecule is CC[C@H](C(=O)NC1CCCC1)N(Cc1ccc(F)cc1)C(=O)CN(c1ccc2c(c1)OCO2)S(=O)(=O)CC. The second kappa shape index (κ2) is 12.0. The monoisotopic (exact) mass is 547 g/mol. The largest absolute Gasteiger partial charge is 0.454 e. The molecule has 2 amide bonds. The molecule has 1 N–H and O–H groups in total. The Kier molecular flexibility index (Phi) is 8.76. The maximum absolute atomic E-state index is 13.8. The fourth-order valence-electron chi connectivity index (χ4n) is 4.83. The quantitative estimate of drug-likeness (QED) is 0.461. The fourth-order valence-corrected chi connectivity index (χ4v) is 5.89. The van der Waals surface area contributed by atoms with Crippen LogP contribution in [0.15, 0.2) is 42.5 Å². The van der Waals surface area contributed by atoms with Crippen molar-refractivity contribution in [2.45, 2.75) is 64.6 Å². The van der Waals surface area contributed by atoms with Crippen LogP contribution in [0.2, 0.25) is 0 Å². The van der Waals surface area contributed by atoms with Crippen LogP contribution < -0.4 is 19.1 Å². The maximum atomic E-state index is 13.8. The summed E-state index contributed by atoms with van der Waals surface area (Å²) in [5, 5.41) is 3.06. The van der Waals surface area contributed by atoms with Crippen LogP contribution in [0.3, 0.4) is 0 Å². The van der Waals surface area contributed by atoms with Gasteiger partial charge in [-0.3, -0.25) is 13.9 Å². The first-order valence-corrected chi connectivity index (χ1v) is 14.6. The van der Waals surface area contributed by atoms with E-state index in [1.807, 2.05) is 6.92 Å². The molecule has 0 spiro atoms. The fraction of sp³-hybridized carbons (Fsp3) is 0.481. The summed E-state index contributed by atoms with van der Waals surface area (Å²) in [6.45, 7) is 2.85. The average molecular weight is 548 g/mol. The number of rotatable bonds is 11. The smallest absolute Gasteiger partial charge is 0.244 e. The molecule has 1 heterocycles. The summed E-state index contributed by atoms with van der Waals surface area (Å²) in [7, 11) is -3.87. The molecule has 1 aliphatic heterocycles. The minimum absolute atomic E-state index is 0.0247. The Morgan fingerprint density at radius 2 is 1.74 bits per heavy atom. The molecular weight excluding hydrogens is 513 g/mol. The standard InChI is InChI=1S/C27H34FN3O6S/c1-3-23(27(33)29-21-7-5-6-8-21)30(16-19-9-11-20(28)12-10-19)26(32)17-31(38(34,35)4-2)22-13-14-24-25(15-22)37-18-36-24/h9-15,21,23H,3-8,16-18H2,1-2H3,(H,29,33)/t23-/m1/s1. The highest BCUT2D eigenvalue weighted by atomic mass is 32.2. The van der Waals surface area contributed by atoms with E-state index in [0.29, 0.717) is 23.5 Å². The van der Waals surface area contributed by atoms with E-state index < -0.39 is 34.3 Å². The van der Waals surface area contributed by atoms with Gasteiger partial charge in [0, 0.05) is 18.7 Å². The van der Waals surface area contributed by atoms with Crippen molar-refractivity contribution >= 4 is 27.5 Å². The predicted molar refractivity (Wildman–Crippen MR) is 141 cm³/mol. The molecule has 4 rings (SSSR count). The molecule has 2 aromatic rings. The lowest BCUT2D eigenvalue weighted by atomic mass is 10.1. The molecule has 1 atom stereocenters. The van der Waals surface area contributed by atoms with E-state index in [-0.39, 0.29) is 36.7 Å². The number of carbonyl (C=O) groups is 2. The van der Waals surface area contributed by atoms with Crippen molar-refractivity contribution in [3.05, 3.63) is 53.8 Å². The van der Waals surface area contributed by atoms with Crippen LogP contribution in [-0.2, 0) is 26.2 Å². The zero-order chi connectivity index (χ0) is 27.3. The molecule has 9 nitrogen and oxygen atoms in total.